The molecule has 18 heavy (non-hydrogen) atoms. The first-order valence-electron chi connectivity index (χ1n) is 5.30. The van der Waals surface area contributed by atoms with Crippen molar-refractivity contribution in [2.75, 3.05) is 18.4 Å². The molecule has 0 radical (unpaired) electrons. The number of imide groups is 1. The maximum absolute atomic E-state index is 11.7. The SMILES string of the molecule is CC(=O)N(CCN)C(=O)C(=O)Nc1ccccn1. The fraction of sp³-hybridized carbons (Fsp3) is 0.273. The standard InChI is InChI=1S/C11H14N4O3/c1-8(16)15(7-5-12)11(18)10(17)14-9-4-2-3-6-13-9/h2-4,6H,5,7,12H2,1H3,(H,13,14,17). The highest BCUT2D eigenvalue weighted by Crippen LogP contribution is 2.01. The van der Waals surface area contributed by atoms with Gasteiger partial charge < -0.3 is 11.1 Å². The molecule has 3 N–H and O–H groups in total. The Morgan fingerprint density at radius 2 is 2.11 bits per heavy atom. The van der Waals surface area contributed by atoms with Crippen molar-refractivity contribution >= 4 is 23.5 Å². The van der Waals surface area contributed by atoms with E-state index in [-0.39, 0.29) is 18.9 Å². The number of carbonyl (C=O) groups is 3. The molecule has 0 atom stereocenters. The van der Waals surface area contributed by atoms with Crippen LogP contribution in [0.1, 0.15) is 6.92 Å². The van der Waals surface area contributed by atoms with Gasteiger partial charge in [0, 0.05) is 26.2 Å². The molecule has 7 heteroatoms. The van der Waals surface area contributed by atoms with Gasteiger partial charge in [0.05, 0.1) is 0 Å². The van der Waals surface area contributed by atoms with Gasteiger partial charge in [0.25, 0.3) is 0 Å². The van der Waals surface area contributed by atoms with E-state index in [1.807, 2.05) is 0 Å². The van der Waals surface area contributed by atoms with E-state index < -0.39 is 17.7 Å². The molecule has 0 bridgehead atoms. The number of pyridine rings is 1. The molecule has 7 nitrogen and oxygen atoms in total. The normalized spacial score (nSPS) is 9.67. The summed E-state index contributed by atoms with van der Waals surface area (Å²) in [7, 11) is 0. The van der Waals surface area contributed by atoms with E-state index in [2.05, 4.69) is 10.3 Å². The van der Waals surface area contributed by atoms with Crippen LogP contribution in [0.25, 0.3) is 0 Å². The average molecular weight is 250 g/mol. The molecule has 0 spiro atoms. The molecule has 96 valence electrons. The fourth-order valence-electron chi connectivity index (χ4n) is 1.26. The lowest BCUT2D eigenvalue weighted by atomic mass is 10.4. The Labute approximate surface area is 104 Å². The quantitative estimate of drug-likeness (QED) is 0.694. The predicted octanol–water partition coefficient (Wildman–Crippen LogP) is -0.646. The van der Waals surface area contributed by atoms with Crippen molar-refractivity contribution in [1.82, 2.24) is 9.88 Å². The van der Waals surface area contributed by atoms with Crippen LogP contribution in [0, 0.1) is 0 Å². The molecular weight excluding hydrogens is 236 g/mol. The summed E-state index contributed by atoms with van der Waals surface area (Å²) in [5.74, 6) is -2.15. The molecule has 0 saturated heterocycles. The first-order valence-corrected chi connectivity index (χ1v) is 5.30. The zero-order chi connectivity index (χ0) is 13.5. The number of carbonyl (C=O) groups excluding carboxylic acids is 3. The maximum Gasteiger partial charge on any atom is 0.318 e. The third-order valence-electron chi connectivity index (χ3n) is 2.08. The van der Waals surface area contributed by atoms with Crippen LogP contribution in [0.15, 0.2) is 24.4 Å². The van der Waals surface area contributed by atoms with Gasteiger partial charge in [-0.2, -0.15) is 0 Å². The number of hydrogen-bond donors (Lipinski definition) is 2. The monoisotopic (exact) mass is 250 g/mol. The Kier molecular flexibility index (Phi) is 4.94. The molecule has 0 aliphatic rings. The lowest BCUT2D eigenvalue weighted by Crippen LogP contribution is -2.44. The molecule has 1 aromatic rings. The van der Waals surface area contributed by atoms with Crippen LogP contribution >= 0.6 is 0 Å². The van der Waals surface area contributed by atoms with Gasteiger partial charge in [0.1, 0.15) is 5.82 Å². The maximum atomic E-state index is 11.7. The average Bonchev–Trinajstić information content (AvgIpc) is 2.36. The van der Waals surface area contributed by atoms with Crippen LogP contribution < -0.4 is 11.1 Å². The largest absolute Gasteiger partial charge is 0.329 e. The Balaban J connectivity index is 2.71. The van der Waals surface area contributed by atoms with Crippen molar-refractivity contribution in [3.63, 3.8) is 0 Å². The highest BCUT2D eigenvalue weighted by molar-refractivity contribution is 6.41. The summed E-state index contributed by atoms with van der Waals surface area (Å²) in [6.45, 7) is 1.30. The van der Waals surface area contributed by atoms with Gasteiger partial charge in [-0.15, -0.1) is 0 Å². The number of hydrogen-bond acceptors (Lipinski definition) is 5. The van der Waals surface area contributed by atoms with Gasteiger partial charge in [-0.25, -0.2) is 4.98 Å². The molecular formula is C11H14N4O3. The van der Waals surface area contributed by atoms with Gasteiger partial charge in [0.2, 0.25) is 5.91 Å². The highest BCUT2D eigenvalue weighted by Gasteiger charge is 2.24. The molecule has 0 fully saturated rings. The number of anilines is 1. The topological polar surface area (TPSA) is 105 Å². The Morgan fingerprint density at radius 3 is 2.61 bits per heavy atom. The molecule has 0 aliphatic carbocycles. The zero-order valence-electron chi connectivity index (χ0n) is 9.92. The Morgan fingerprint density at radius 1 is 1.39 bits per heavy atom. The number of nitrogens with zero attached hydrogens (tertiary/aromatic N) is 2. The number of nitrogens with two attached hydrogens (primary N) is 1. The van der Waals surface area contributed by atoms with Crippen LogP contribution in [0.3, 0.4) is 0 Å². The Bertz CT molecular complexity index is 447. The predicted molar refractivity (Wildman–Crippen MR) is 64.3 cm³/mol. The Hall–Kier alpha value is -2.28. The van der Waals surface area contributed by atoms with Crippen molar-refractivity contribution in [3.8, 4) is 0 Å². The van der Waals surface area contributed by atoms with Gasteiger partial charge in [-0.1, -0.05) is 6.07 Å². The van der Waals surface area contributed by atoms with Crippen LogP contribution in [0.4, 0.5) is 5.82 Å². The number of nitrogens with one attached hydrogen (secondary N) is 1. The van der Waals surface area contributed by atoms with Crippen molar-refractivity contribution in [2.45, 2.75) is 6.92 Å². The fourth-order valence-corrected chi connectivity index (χ4v) is 1.26. The molecule has 3 amide bonds. The van der Waals surface area contributed by atoms with Crippen LogP contribution in [0.5, 0.6) is 0 Å². The summed E-state index contributed by atoms with van der Waals surface area (Å²) in [5.41, 5.74) is 5.27. The highest BCUT2D eigenvalue weighted by atomic mass is 16.2. The first kappa shape index (κ1) is 13.8. The summed E-state index contributed by atoms with van der Waals surface area (Å²) in [6.07, 6.45) is 1.47. The van der Waals surface area contributed by atoms with Crippen molar-refractivity contribution in [3.05, 3.63) is 24.4 Å². The summed E-state index contributed by atoms with van der Waals surface area (Å²) in [6, 6.07) is 4.87. The van der Waals surface area contributed by atoms with E-state index in [0.717, 1.165) is 4.90 Å². The van der Waals surface area contributed by atoms with E-state index in [1.54, 1.807) is 12.1 Å². The van der Waals surface area contributed by atoms with E-state index in [4.69, 9.17) is 5.73 Å². The van der Waals surface area contributed by atoms with Gasteiger partial charge in [-0.05, 0) is 12.1 Å². The minimum atomic E-state index is -0.946. The van der Waals surface area contributed by atoms with Crippen LogP contribution in [0.2, 0.25) is 0 Å². The number of rotatable bonds is 3. The summed E-state index contributed by atoms with van der Waals surface area (Å²) in [4.78, 5) is 39.1. The molecule has 1 heterocycles. The summed E-state index contributed by atoms with van der Waals surface area (Å²) >= 11 is 0. The molecule has 0 aromatic carbocycles. The van der Waals surface area contributed by atoms with Crippen LogP contribution in [-0.4, -0.2) is 40.7 Å². The van der Waals surface area contributed by atoms with Crippen LogP contribution in [-0.2, 0) is 14.4 Å². The third kappa shape index (κ3) is 3.63. The smallest absolute Gasteiger partial charge is 0.318 e. The van der Waals surface area contributed by atoms with E-state index >= 15 is 0 Å². The minimum absolute atomic E-state index is 0.00377. The lowest BCUT2D eigenvalue weighted by molar-refractivity contribution is -0.149. The van der Waals surface area contributed by atoms with E-state index in [9.17, 15) is 14.4 Å². The van der Waals surface area contributed by atoms with Crippen molar-refractivity contribution in [1.29, 1.82) is 0 Å². The second-order valence-corrected chi connectivity index (χ2v) is 3.43. The lowest BCUT2D eigenvalue weighted by Gasteiger charge is -2.17. The van der Waals surface area contributed by atoms with Gasteiger partial charge >= 0.3 is 11.8 Å². The molecule has 0 aliphatic heterocycles. The number of aromatic nitrogens is 1. The minimum Gasteiger partial charge on any atom is -0.329 e. The van der Waals surface area contributed by atoms with Crippen molar-refractivity contribution < 1.29 is 14.4 Å². The van der Waals surface area contributed by atoms with Crippen molar-refractivity contribution in [2.24, 2.45) is 5.73 Å². The molecule has 0 unspecified atom stereocenters. The summed E-state index contributed by atoms with van der Waals surface area (Å²) < 4.78 is 0. The van der Waals surface area contributed by atoms with E-state index in [0.29, 0.717) is 0 Å². The second kappa shape index (κ2) is 6.45. The molecule has 1 aromatic heterocycles. The molecule has 0 saturated carbocycles. The van der Waals surface area contributed by atoms with Gasteiger partial charge in [-0.3, -0.25) is 19.3 Å². The zero-order valence-corrected chi connectivity index (χ0v) is 9.92. The first-order chi connectivity index (χ1) is 8.56. The number of amides is 3. The molecule has 1 rings (SSSR count). The second-order valence-electron chi connectivity index (χ2n) is 3.43. The van der Waals surface area contributed by atoms with E-state index in [1.165, 1.54) is 19.2 Å². The van der Waals surface area contributed by atoms with Gasteiger partial charge in [0.15, 0.2) is 0 Å². The summed E-state index contributed by atoms with van der Waals surface area (Å²) in [5, 5.41) is 2.30. The third-order valence-corrected chi connectivity index (χ3v) is 2.08.